The summed E-state index contributed by atoms with van der Waals surface area (Å²) in [7, 11) is 0. The van der Waals surface area contributed by atoms with Crippen LogP contribution < -0.4 is 24.8 Å². The molecule has 0 bridgehead atoms. The molecule has 0 aliphatic rings. The molecule has 0 aliphatic heterocycles. The second kappa shape index (κ2) is 34.6. The number of fused-ring (bicyclic) bond motifs is 4. The molecule has 0 saturated carbocycles. The Morgan fingerprint density at radius 3 is 0.671 bits per heavy atom. The molecule has 0 aliphatic carbocycles. The van der Waals surface area contributed by atoms with Crippen molar-refractivity contribution < 1.29 is 71.5 Å². The van der Waals surface area contributed by atoms with Crippen LogP contribution in [0, 0.1) is 55.4 Å². The molecule has 0 unspecified atom stereocenters. The maximum atomic E-state index is 2.33. The summed E-state index contributed by atoms with van der Waals surface area (Å²) < 4.78 is 0. The molecule has 0 radical (unpaired) electrons. The van der Waals surface area contributed by atoms with Gasteiger partial charge in [-0.05, 0) is 25.7 Å². The minimum atomic E-state index is 0. The van der Waals surface area contributed by atoms with Crippen LogP contribution in [0.1, 0.15) is 146 Å². The van der Waals surface area contributed by atoms with Crippen LogP contribution in [0.2, 0.25) is 26.2 Å². The third-order valence-corrected chi connectivity index (χ3v) is 12.6. The van der Waals surface area contributed by atoms with Crippen molar-refractivity contribution in [2.75, 3.05) is 0 Å². The summed E-state index contributed by atoms with van der Waals surface area (Å²) in [6.07, 6.45) is 15.1. The van der Waals surface area contributed by atoms with Crippen molar-refractivity contribution in [3.8, 4) is 0 Å². The molecule has 0 N–H and O–H groups in total. The van der Waals surface area contributed by atoms with E-state index in [1.165, 1.54) is 187 Å². The second-order valence-corrected chi connectivity index (χ2v) is 38.8. The molecule has 0 fully saturated rings. The molecular formula is C64H88Cl2Si2Zr2-2. The minimum Gasteiger partial charge on any atom is -1.00 e. The van der Waals surface area contributed by atoms with E-state index in [1.807, 2.05) is 0 Å². The molecule has 8 rings (SSSR count). The van der Waals surface area contributed by atoms with Crippen LogP contribution in [0.3, 0.4) is 0 Å². The number of halogens is 2. The zero-order valence-electron chi connectivity index (χ0n) is 46.5. The van der Waals surface area contributed by atoms with Gasteiger partial charge in [-0.1, -0.05) is 181 Å². The summed E-state index contributed by atoms with van der Waals surface area (Å²) in [4.78, 5) is 0. The fourth-order valence-corrected chi connectivity index (χ4v) is 8.94. The molecule has 0 nitrogen and oxygen atoms in total. The Morgan fingerprint density at radius 1 is 0.343 bits per heavy atom. The average molecular weight is 1170 g/mol. The maximum Gasteiger partial charge on any atom is -1.00 e. The normalized spacial score (nSPS) is 10.3. The summed E-state index contributed by atoms with van der Waals surface area (Å²) >= 11 is 3.48. The molecule has 0 saturated heterocycles. The molecule has 0 amide bonds. The van der Waals surface area contributed by atoms with Gasteiger partial charge in [-0.15, -0.1) is 136 Å². The van der Waals surface area contributed by atoms with Crippen LogP contribution >= 0.6 is 0 Å². The summed E-state index contributed by atoms with van der Waals surface area (Å²) in [6, 6.07) is 36.7. The Bertz CT molecular complexity index is 2430. The first kappa shape index (κ1) is 66.1. The van der Waals surface area contributed by atoms with Gasteiger partial charge in [0, 0.05) is 0 Å². The molecule has 376 valence electrons. The van der Waals surface area contributed by atoms with E-state index in [0.717, 1.165) is 0 Å². The monoisotopic (exact) mass is 1160 g/mol. The summed E-state index contributed by atoms with van der Waals surface area (Å²) in [6.45, 7) is 35.8. The van der Waals surface area contributed by atoms with Crippen molar-refractivity contribution in [3.05, 3.63) is 164 Å². The SMILES string of the molecule is CCCCc1ccc(C)c2[cH-]c(C)cc12.CCCCc1ccc(C)c2[cH-]c(C)cc12.CCCCc1ccc(C)c2[cH-]c(C)cc12.CCCCc1ccc(C)c2[cH-]c(C)cc12.C[Si](C)=[Zr+2].C[Si](C)=[Zr+2].[Cl-].[Cl-]. The predicted molar refractivity (Wildman–Crippen MR) is 305 cm³/mol. The van der Waals surface area contributed by atoms with Gasteiger partial charge in [-0.25, -0.2) is 0 Å². The first-order chi connectivity index (χ1) is 32.3. The molecule has 70 heavy (non-hydrogen) atoms. The molecule has 0 spiro atoms. The van der Waals surface area contributed by atoms with Crippen LogP contribution in [0.15, 0.2) is 97.1 Å². The van der Waals surface area contributed by atoms with E-state index in [-0.39, 0.29) is 35.7 Å². The van der Waals surface area contributed by atoms with Gasteiger partial charge in [0.25, 0.3) is 0 Å². The van der Waals surface area contributed by atoms with Crippen LogP contribution in [0.25, 0.3) is 43.1 Å². The summed E-state index contributed by atoms with van der Waals surface area (Å²) in [5.74, 6) is 0. The van der Waals surface area contributed by atoms with Crippen molar-refractivity contribution >= 4 is 54.0 Å². The predicted octanol–water partition coefficient (Wildman–Crippen LogP) is 13.6. The van der Waals surface area contributed by atoms with Gasteiger partial charge < -0.3 is 24.8 Å². The number of unbranched alkanes of at least 4 members (excludes halogenated alkanes) is 4. The molecular weight excluding hydrogens is 1080 g/mol. The maximum absolute atomic E-state index is 2.33. The van der Waals surface area contributed by atoms with Gasteiger partial charge in [-0.3, -0.25) is 0 Å². The van der Waals surface area contributed by atoms with Crippen molar-refractivity contribution in [2.45, 2.75) is 186 Å². The van der Waals surface area contributed by atoms with E-state index in [1.54, 1.807) is 46.7 Å². The van der Waals surface area contributed by atoms with Crippen LogP contribution in [-0.2, 0) is 72.4 Å². The summed E-state index contributed by atoms with van der Waals surface area (Å²) in [5, 5.41) is 11.7. The van der Waals surface area contributed by atoms with Crippen LogP contribution in [-0.4, -0.2) is 10.9 Å². The van der Waals surface area contributed by atoms with Gasteiger partial charge in [0.1, 0.15) is 0 Å². The minimum absolute atomic E-state index is 0. The van der Waals surface area contributed by atoms with Crippen molar-refractivity contribution in [1.82, 2.24) is 0 Å². The Morgan fingerprint density at radius 2 is 0.514 bits per heavy atom. The number of hydrogen-bond donors (Lipinski definition) is 0. The summed E-state index contributed by atoms with van der Waals surface area (Å²) in [5.41, 5.74) is 17.6. The molecule has 6 heteroatoms. The van der Waals surface area contributed by atoms with E-state index in [0.29, 0.717) is 0 Å². The number of benzene rings is 4. The fraction of sp³-hybridized carbons (Fsp3) is 0.438. The largest absolute Gasteiger partial charge is 1.00 e. The first-order valence-corrected chi connectivity index (χ1v) is 38.4. The van der Waals surface area contributed by atoms with Crippen LogP contribution in [0.5, 0.6) is 0 Å². The topological polar surface area (TPSA) is 0 Å². The van der Waals surface area contributed by atoms with Gasteiger partial charge in [0.05, 0.1) is 0 Å². The van der Waals surface area contributed by atoms with Gasteiger partial charge in [0.2, 0.25) is 0 Å². The standard InChI is InChI=1S/4C15H19.2C2H6Si.2ClH.2Zr/c4*1-4-5-6-13-8-7-12(3)14-9-11(2)10-15(13)14;2*1-3-2;;;;/h4*7-10H,4-6H2,1-3H3;2*1-2H3;2*1H;;/q4*-1;;;;;2*+2/p-2. The fourth-order valence-electron chi connectivity index (χ4n) is 8.94. The van der Waals surface area contributed by atoms with E-state index in [2.05, 4.69) is 206 Å². The van der Waals surface area contributed by atoms with E-state index < -0.39 is 0 Å². The Kier molecular flexibility index (Phi) is 32.6. The van der Waals surface area contributed by atoms with Crippen molar-refractivity contribution in [1.29, 1.82) is 0 Å². The Hall–Kier alpha value is -1.90. The number of rotatable bonds is 12. The van der Waals surface area contributed by atoms with Gasteiger partial charge in [0.15, 0.2) is 0 Å². The van der Waals surface area contributed by atoms with Crippen molar-refractivity contribution in [3.63, 3.8) is 0 Å². The zero-order chi connectivity index (χ0) is 50.5. The number of hydrogen-bond acceptors (Lipinski definition) is 0. The molecule has 0 atom stereocenters. The first-order valence-electron chi connectivity index (χ1n) is 26.0. The van der Waals surface area contributed by atoms with E-state index >= 15 is 0 Å². The third-order valence-electron chi connectivity index (χ3n) is 12.6. The quantitative estimate of drug-likeness (QED) is 0.0845. The molecule has 0 heterocycles. The third kappa shape index (κ3) is 21.5. The molecule has 8 aromatic rings. The van der Waals surface area contributed by atoms with E-state index in [9.17, 15) is 0 Å². The molecule has 8 aromatic carbocycles. The van der Waals surface area contributed by atoms with Gasteiger partial charge in [-0.2, -0.15) is 24.3 Å². The Labute approximate surface area is 471 Å². The molecule has 0 aromatic heterocycles. The van der Waals surface area contributed by atoms with Crippen LogP contribution in [0.4, 0.5) is 0 Å². The number of aryl methyl sites for hydroxylation is 12. The van der Waals surface area contributed by atoms with E-state index in [4.69, 9.17) is 0 Å². The second-order valence-electron chi connectivity index (χ2n) is 20.0. The zero-order valence-corrected chi connectivity index (χ0v) is 54.9. The average Bonchev–Trinajstić information content (AvgIpc) is 4.09. The van der Waals surface area contributed by atoms with Crippen molar-refractivity contribution in [2.24, 2.45) is 0 Å². The smallest absolute Gasteiger partial charge is 1.00 e. The van der Waals surface area contributed by atoms with Gasteiger partial charge >= 0.3 is 83.7 Å². The Balaban J connectivity index is 0.000000439.